The van der Waals surface area contributed by atoms with Crippen LogP contribution < -0.4 is 14.8 Å². The lowest BCUT2D eigenvalue weighted by Gasteiger charge is -2.34. The van der Waals surface area contributed by atoms with Crippen molar-refractivity contribution >= 4 is 66.9 Å². The molecule has 6 rings (SSSR count). The lowest BCUT2D eigenvalue weighted by molar-refractivity contribution is -0.129. The summed E-state index contributed by atoms with van der Waals surface area (Å²) in [6.45, 7) is 8.78. The van der Waals surface area contributed by atoms with Crippen LogP contribution in [0.5, 0.6) is 5.75 Å². The van der Waals surface area contributed by atoms with Gasteiger partial charge in [0.1, 0.15) is 22.1 Å². The molecule has 2 N–H and O–H groups in total. The summed E-state index contributed by atoms with van der Waals surface area (Å²) in [4.78, 5) is 45.3. The van der Waals surface area contributed by atoms with E-state index in [4.69, 9.17) is 16.1 Å². The van der Waals surface area contributed by atoms with Crippen molar-refractivity contribution in [2.24, 2.45) is 17.8 Å². The molecular weight excluding hydrogens is 791 g/mol. The molecule has 14 heteroatoms. The molecule has 5 atom stereocenters. The lowest BCUT2D eigenvalue weighted by atomic mass is 9.78. The van der Waals surface area contributed by atoms with Gasteiger partial charge in [-0.3, -0.25) is 19.1 Å². The van der Waals surface area contributed by atoms with Gasteiger partial charge in [0.2, 0.25) is 28.8 Å². The third-order valence-corrected chi connectivity index (χ3v) is 14.9. The molecule has 3 amide bonds. The quantitative estimate of drug-likeness (QED) is 0.0726. The predicted octanol–water partition coefficient (Wildman–Crippen LogP) is 6.92. The zero-order valence-corrected chi connectivity index (χ0v) is 34.8. The van der Waals surface area contributed by atoms with E-state index in [0.717, 1.165) is 88.9 Å². The van der Waals surface area contributed by atoms with Crippen LogP contribution in [0.4, 0.5) is 0 Å². The van der Waals surface area contributed by atoms with Crippen molar-refractivity contribution < 1.29 is 27.5 Å². The number of pyridine rings is 1. The van der Waals surface area contributed by atoms with Crippen LogP contribution >= 0.6 is 27.3 Å². The Kier molecular flexibility index (Phi) is 13.3. The molecule has 0 bridgehead atoms. The highest BCUT2D eigenvalue weighted by atomic mass is 79.9. The van der Waals surface area contributed by atoms with Crippen molar-refractivity contribution in [2.75, 3.05) is 13.6 Å². The first-order valence-electron chi connectivity index (χ1n) is 18.4. The minimum atomic E-state index is -3.35. The molecule has 3 aliphatic carbocycles. The number of hydrogen-bond acceptors (Lipinski definition) is 9. The fourth-order valence-corrected chi connectivity index (χ4v) is 8.92. The maximum absolute atomic E-state index is 13.6. The molecule has 11 nitrogen and oxygen atoms in total. The van der Waals surface area contributed by atoms with Gasteiger partial charge in [0.05, 0.1) is 16.4 Å². The molecule has 2 heterocycles. The largest absolute Gasteiger partial charge is 0.490 e. The SMILES string of the molecule is C#Cc1csc(-c2cc(O[C@H]3CC[C@@H](C)C(C(=O)N[C@]4(C)C[C@H]4/C=C\CCCCN(C)C=O)C3)c3ccc(C)c(Br)c3n2)n1.CC1(S(=O)(=O)NC=O)CC1. The van der Waals surface area contributed by atoms with E-state index in [0.29, 0.717) is 30.9 Å². The summed E-state index contributed by atoms with van der Waals surface area (Å²) in [7, 11) is -1.55. The van der Waals surface area contributed by atoms with Gasteiger partial charge in [0, 0.05) is 52.3 Å². The Morgan fingerprint density at radius 2 is 1.96 bits per heavy atom. The first-order chi connectivity index (χ1) is 25.6. The predicted molar refractivity (Wildman–Crippen MR) is 216 cm³/mol. The Balaban J connectivity index is 0.000000486. The maximum atomic E-state index is 13.6. The molecule has 0 spiro atoms. The van der Waals surface area contributed by atoms with E-state index in [1.54, 1.807) is 18.9 Å². The topological polar surface area (TPSA) is 148 Å². The van der Waals surface area contributed by atoms with Crippen LogP contribution in [-0.4, -0.2) is 72.0 Å². The molecule has 3 aliphatic rings. The number of nitrogens with zero attached hydrogens (tertiary/aromatic N) is 3. The first kappa shape index (κ1) is 41.4. The van der Waals surface area contributed by atoms with Crippen LogP contribution in [0.15, 0.2) is 40.2 Å². The highest BCUT2D eigenvalue weighted by molar-refractivity contribution is 9.10. The van der Waals surface area contributed by atoms with Gasteiger partial charge in [0.25, 0.3) is 0 Å². The Bertz CT molecular complexity index is 2040. The number of nitrogens with one attached hydrogen (secondary N) is 2. The molecule has 3 fully saturated rings. The number of terminal acetylenes is 1. The van der Waals surface area contributed by atoms with Crippen LogP contribution in [0.25, 0.3) is 21.6 Å². The van der Waals surface area contributed by atoms with Crippen LogP contribution in [0.1, 0.15) is 89.8 Å². The molecule has 3 aromatic rings. The fourth-order valence-electron chi connectivity index (χ4n) is 6.71. The standard InChI is InChI=1S/C35H41BrN4O3S.C5H9NO3S/c1-6-25-20-44-34(37-25)29-18-30(27-15-13-23(3)31(36)32(27)38-29)43-26-14-12-22(2)28(17-26)33(42)39-35(4)19-24(35)11-9-7-8-10-16-40(5)21-41;1-5(2-3-5)10(8,9)6-4-7/h1,9,11,13,15,18,20-22,24,26,28H,7-8,10,12,14,16-17,19H2,2-5H3,(H,39,42);4H,2-3H2,1H3,(H,6,7)/b11-9-;/t22-,24-,26+,28?,35-;/m1./s1. The smallest absolute Gasteiger partial charge is 0.240 e. The monoisotopic (exact) mass is 839 g/mol. The average molecular weight is 841 g/mol. The van der Waals surface area contributed by atoms with Crippen LogP contribution in [0, 0.1) is 37.0 Å². The van der Waals surface area contributed by atoms with Gasteiger partial charge in [-0.2, -0.15) is 0 Å². The van der Waals surface area contributed by atoms with E-state index >= 15 is 0 Å². The third kappa shape index (κ3) is 9.89. The number of halogens is 1. The molecule has 54 heavy (non-hydrogen) atoms. The Morgan fingerprint density at radius 1 is 1.20 bits per heavy atom. The van der Waals surface area contributed by atoms with Crippen molar-refractivity contribution in [3.8, 4) is 28.8 Å². The molecule has 0 radical (unpaired) electrons. The van der Waals surface area contributed by atoms with Gasteiger partial charge in [0.15, 0.2) is 0 Å². The minimum absolute atomic E-state index is 0.0843. The highest BCUT2D eigenvalue weighted by Crippen LogP contribution is 2.46. The van der Waals surface area contributed by atoms with Gasteiger partial charge in [-0.25, -0.2) is 18.4 Å². The third-order valence-electron chi connectivity index (χ3n) is 10.9. The van der Waals surface area contributed by atoms with Crippen LogP contribution in [0.2, 0.25) is 0 Å². The number of aromatic nitrogens is 2. The number of sulfonamides is 1. The second-order valence-electron chi connectivity index (χ2n) is 15.3. The molecule has 290 valence electrons. The van der Waals surface area contributed by atoms with Crippen molar-refractivity contribution in [2.45, 2.75) is 102 Å². The first-order valence-corrected chi connectivity index (χ1v) is 21.6. The summed E-state index contributed by atoms with van der Waals surface area (Å²) in [6.07, 6.45) is 18.8. The normalized spacial score (nSPS) is 24.1. The average Bonchev–Trinajstić information content (AvgIpc) is 3.98. The van der Waals surface area contributed by atoms with Gasteiger partial charge >= 0.3 is 0 Å². The summed E-state index contributed by atoms with van der Waals surface area (Å²) >= 11 is 5.21. The van der Waals surface area contributed by atoms with Crippen molar-refractivity contribution in [3.63, 3.8) is 0 Å². The number of carbonyl (C=O) groups is 3. The van der Waals surface area contributed by atoms with E-state index in [1.165, 1.54) is 11.3 Å². The number of ether oxygens (including phenoxy) is 1. The highest BCUT2D eigenvalue weighted by Gasteiger charge is 2.51. The number of allylic oxidation sites excluding steroid dienone is 1. The lowest BCUT2D eigenvalue weighted by Crippen LogP contribution is -2.45. The number of benzene rings is 1. The summed E-state index contributed by atoms with van der Waals surface area (Å²) in [5, 5.41) is 6.92. The summed E-state index contributed by atoms with van der Waals surface area (Å²) < 4.78 is 30.7. The van der Waals surface area contributed by atoms with Crippen LogP contribution in [-0.2, 0) is 24.4 Å². The number of hydrogen-bond donors (Lipinski definition) is 2. The number of carbonyl (C=O) groups excluding carboxylic acids is 3. The number of unbranched alkanes of at least 4 members (excludes halogenated alkanes) is 2. The number of fused-ring (bicyclic) bond motifs is 1. The van der Waals surface area contributed by atoms with Crippen molar-refractivity contribution in [1.82, 2.24) is 24.9 Å². The van der Waals surface area contributed by atoms with Gasteiger partial charge in [-0.15, -0.1) is 17.8 Å². The zero-order valence-electron chi connectivity index (χ0n) is 31.6. The summed E-state index contributed by atoms with van der Waals surface area (Å²) in [5.41, 5.74) is 3.03. The molecule has 0 saturated heterocycles. The Labute approximate surface area is 331 Å². The van der Waals surface area contributed by atoms with Crippen molar-refractivity contribution in [1.29, 1.82) is 0 Å². The summed E-state index contributed by atoms with van der Waals surface area (Å²) in [6, 6.07) is 6.07. The second kappa shape index (κ2) is 17.3. The zero-order chi connectivity index (χ0) is 39.3. The molecule has 1 unspecified atom stereocenters. The molecule has 3 saturated carbocycles. The maximum Gasteiger partial charge on any atom is 0.240 e. The number of amides is 3. The van der Waals surface area contributed by atoms with Crippen LogP contribution in [0.3, 0.4) is 0 Å². The van der Waals surface area contributed by atoms with E-state index in [-0.39, 0.29) is 35.8 Å². The molecule has 1 aromatic carbocycles. The van der Waals surface area contributed by atoms with E-state index in [9.17, 15) is 22.8 Å². The van der Waals surface area contributed by atoms with Gasteiger partial charge in [-0.1, -0.05) is 25.1 Å². The molecule has 2 aromatic heterocycles. The van der Waals surface area contributed by atoms with E-state index in [2.05, 4.69) is 70.3 Å². The minimum Gasteiger partial charge on any atom is -0.490 e. The van der Waals surface area contributed by atoms with E-state index < -0.39 is 14.8 Å². The Hall–Kier alpha value is -3.80. The van der Waals surface area contributed by atoms with Gasteiger partial charge in [-0.05, 0) is 118 Å². The van der Waals surface area contributed by atoms with E-state index in [1.807, 2.05) is 23.1 Å². The van der Waals surface area contributed by atoms with Gasteiger partial charge < -0.3 is 15.0 Å². The second-order valence-corrected chi connectivity index (χ2v) is 19.2. The summed E-state index contributed by atoms with van der Waals surface area (Å²) in [5.74, 6) is 4.02. The molecule has 0 aliphatic heterocycles. The number of rotatable bonds is 15. The fraction of sp³-hybridized carbons (Fsp3) is 0.525. The Morgan fingerprint density at radius 3 is 2.63 bits per heavy atom. The van der Waals surface area contributed by atoms with Crippen molar-refractivity contribution in [3.05, 3.63) is 51.5 Å². The number of aryl methyl sites for hydroxylation is 1. The molecular formula is C40H50BrN5O6S2. The number of thiazole rings is 1.